The predicted molar refractivity (Wildman–Crippen MR) is 125 cm³/mol. The Kier molecular flexibility index (Phi) is 6.77. The molecule has 1 N–H and O–H groups in total. The zero-order valence-electron chi connectivity index (χ0n) is 18.3. The van der Waals surface area contributed by atoms with Gasteiger partial charge in [-0.3, -0.25) is 14.4 Å². The number of hydrogen-bond acceptors (Lipinski definition) is 7. The summed E-state index contributed by atoms with van der Waals surface area (Å²) in [5, 5.41) is 13.8. The van der Waals surface area contributed by atoms with Crippen LogP contribution >= 0.6 is 23.2 Å². The maximum atomic E-state index is 12.8. The number of carbonyl (C=O) groups excluding carboxylic acids is 3. The second kappa shape index (κ2) is 9.22. The van der Waals surface area contributed by atoms with Crippen LogP contribution in [0.5, 0.6) is 0 Å². The summed E-state index contributed by atoms with van der Waals surface area (Å²) in [5.74, 6) is -1.09. The number of anilines is 2. The molecule has 0 spiro atoms. The van der Waals surface area contributed by atoms with Crippen LogP contribution < -0.4 is 5.32 Å². The molecule has 0 bridgehead atoms. The number of aromatic nitrogens is 2. The Morgan fingerprint density at radius 1 is 1.33 bits per heavy atom. The maximum absolute atomic E-state index is 12.8. The average molecular weight is 487 g/mol. The molecule has 0 aliphatic heterocycles. The fourth-order valence-corrected chi connectivity index (χ4v) is 4.06. The van der Waals surface area contributed by atoms with E-state index in [1.54, 1.807) is 32.2 Å². The quantitative estimate of drug-likeness (QED) is 0.291. The third-order valence-electron chi connectivity index (χ3n) is 5.54. The topological polar surface area (TPSA) is 114 Å². The highest BCUT2D eigenvalue weighted by molar-refractivity contribution is 6.39. The van der Waals surface area contributed by atoms with Crippen LogP contribution in [-0.4, -0.2) is 34.2 Å². The van der Waals surface area contributed by atoms with Crippen molar-refractivity contribution in [1.29, 1.82) is 5.26 Å². The Hall–Kier alpha value is -3.41. The Morgan fingerprint density at radius 2 is 1.97 bits per heavy atom. The summed E-state index contributed by atoms with van der Waals surface area (Å²) < 4.78 is 6.66. The van der Waals surface area contributed by atoms with Gasteiger partial charge in [0, 0.05) is 12.6 Å². The molecule has 0 aliphatic rings. The number of esters is 1. The molecule has 1 heterocycles. The number of ketones is 1. The van der Waals surface area contributed by atoms with Crippen LogP contribution in [-0.2, 0) is 26.8 Å². The standard InChI is InChI=1S/C23H20Cl2N4O4/c1-5-33-21(32)23(3,12(2)31)15-9-13(11-30)18-20(14(15)10-26)29(4)22(27-18)28-19-16(24)7-6-8-17(19)25/h6-9,11H,5H2,1-4H3,(H,27,28). The summed E-state index contributed by atoms with van der Waals surface area (Å²) in [4.78, 5) is 41.9. The van der Waals surface area contributed by atoms with E-state index in [1.807, 2.05) is 0 Å². The van der Waals surface area contributed by atoms with Crippen molar-refractivity contribution in [2.24, 2.45) is 7.05 Å². The van der Waals surface area contributed by atoms with Gasteiger partial charge in [0.05, 0.1) is 33.4 Å². The monoisotopic (exact) mass is 486 g/mol. The number of imidazole rings is 1. The Balaban J connectivity index is 2.35. The van der Waals surface area contributed by atoms with E-state index in [2.05, 4.69) is 16.4 Å². The van der Waals surface area contributed by atoms with Gasteiger partial charge < -0.3 is 14.6 Å². The van der Waals surface area contributed by atoms with Crippen LogP contribution in [0.3, 0.4) is 0 Å². The van der Waals surface area contributed by atoms with Crippen LogP contribution in [0, 0.1) is 11.3 Å². The molecule has 0 saturated heterocycles. The van der Waals surface area contributed by atoms with Gasteiger partial charge in [0.1, 0.15) is 17.0 Å². The largest absolute Gasteiger partial charge is 0.465 e. The highest BCUT2D eigenvalue weighted by atomic mass is 35.5. The number of benzene rings is 2. The summed E-state index contributed by atoms with van der Waals surface area (Å²) in [6, 6.07) is 8.39. The van der Waals surface area contributed by atoms with Crippen molar-refractivity contribution in [2.75, 3.05) is 11.9 Å². The molecule has 33 heavy (non-hydrogen) atoms. The first-order valence-corrected chi connectivity index (χ1v) is 10.7. The Bertz CT molecular complexity index is 1320. The summed E-state index contributed by atoms with van der Waals surface area (Å²) in [5.41, 5.74) is -0.731. The number of nitrogens with one attached hydrogen (secondary N) is 1. The molecule has 1 aromatic heterocycles. The highest BCUT2D eigenvalue weighted by Gasteiger charge is 2.44. The second-order valence-corrected chi connectivity index (χ2v) is 8.25. The number of fused-ring (bicyclic) bond motifs is 1. The van der Waals surface area contributed by atoms with E-state index >= 15 is 0 Å². The molecular weight excluding hydrogens is 467 g/mol. The third kappa shape index (κ3) is 3.94. The number of ether oxygens (including phenoxy) is 1. The van der Waals surface area contributed by atoms with Gasteiger partial charge in [-0.05, 0) is 44.5 Å². The average Bonchev–Trinajstić information content (AvgIpc) is 3.10. The van der Waals surface area contributed by atoms with Gasteiger partial charge in [-0.2, -0.15) is 5.26 Å². The number of Topliss-reactive ketones (excluding diaryl/α,β-unsaturated/α-hetero) is 1. The van der Waals surface area contributed by atoms with Gasteiger partial charge in [-0.15, -0.1) is 0 Å². The van der Waals surface area contributed by atoms with E-state index in [0.717, 1.165) is 0 Å². The molecule has 1 unspecified atom stereocenters. The number of carbonyl (C=O) groups is 3. The van der Waals surface area contributed by atoms with Crippen LogP contribution in [0.1, 0.15) is 42.3 Å². The third-order valence-corrected chi connectivity index (χ3v) is 6.17. The highest BCUT2D eigenvalue weighted by Crippen LogP contribution is 2.38. The molecule has 170 valence electrons. The normalized spacial score (nSPS) is 12.6. The fraction of sp³-hybridized carbons (Fsp3) is 0.261. The predicted octanol–water partition coefficient (Wildman–Crippen LogP) is 4.72. The maximum Gasteiger partial charge on any atom is 0.323 e. The number of aldehydes is 1. The SMILES string of the molecule is CCOC(=O)C(C)(C(C)=O)c1cc(C=O)c2nc(Nc3c(Cl)cccc3Cl)n(C)c2c1C#N. The number of halogens is 2. The second-order valence-electron chi connectivity index (χ2n) is 7.43. The van der Waals surface area contributed by atoms with E-state index in [9.17, 15) is 19.6 Å². The van der Waals surface area contributed by atoms with Crippen molar-refractivity contribution < 1.29 is 19.1 Å². The Labute approximate surface area is 200 Å². The lowest BCUT2D eigenvalue weighted by molar-refractivity contribution is -0.152. The summed E-state index contributed by atoms with van der Waals surface area (Å²) in [6.45, 7) is 4.27. The van der Waals surface area contributed by atoms with Crippen molar-refractivity contribution in [2.45, 2.75) is 26.2 Å². The van der Waals surface area contributed by atoms with Crippen molar-refractivity contribution in [1.82, 2.24) is 9.55 Å². The molecule has 2 aromatic carbocycles. The smallest absolute Gasteiger partial charge is 0.323 e. The molecule has 10 heteroatoms. The zero-order chi connectivity index (χ0) is 24.5. The molecule has 1 atom stereocenters. The molecule has 0 fully saturated rings. The minimum absolute atomic E-state index is 0.0228. The summed E-state index contributed by atoms with van der Waals surface area (Å²) in [7, 11) is 1.62. The number of aryl methyl sites for hydroxylation is 1. The van der Waals surface area contributed by atoms with Gasteiger partial charge >= 0.3 is 5.97 Å². The number of rotatable bonds is 7. The van der Waals surface area contributed by atoms with Crippen LogP contribution in [0.4, 0.5) is 11.6 Å². The van der Waals surface area contributed by atoms with Crippen molar-refractivity contribution >= 4 is 63.9 Å². The van der Waals surface area contributed by atoms with Crippen molar-refractivity contribution in [3.63, 3.8) is 0 Å². The first-order valence-electron chi connectivity index (χ1n) is 9.90. The Morgan fingerprint density at radius 3 is 2.48 bits per heavy atom. The van der Waals surface area contributed by atoms with Crippen LogP contribution in [0.25, 0.3) is 11.0 Å². The first-order chi connectivity index (χ1) is 15.6. The van der Waals surface area contributed by atoms with Crippen molar-refractivity contribution in [3.05, 3.63) is 51.0 Å². The summed E-state index contributed by atoms with van der Waals surface area (Å²) >= 11 is 12.5. The minimum Gasteiger partial charge on any atom is -0.465 e. The lowest BCUT2D eigenvalue weighted by atomic mass is 9.76. The van der Waals surface area contributed by atoms with Crippen LogP contribution in [0.15, 0.2) is 24.3 Å². The molecule has 0 radical (unpaired) electrons. The molecule has 0 aliphatic carbocycles. The number of nitrogens with zero attached hydrogens (tertiary/aromatic N) is 3. The van der Waals surface area contributed by atoms with Crippen molar-refractivity contribution in [3.8, 4) is 6.07 Å². The van der Waals surface area contributed by atoms with E-state index < -0.39 is 17.2 Å². The molecule has 3 aromatic rings. The first kappa shape index (κ1) is 24.2. The fourth-order valence-electron chi connectivity index (χ4n) is 3.57. The van der Waals surface area contributed by atoms with Gasteiger partial charge in [0.15, 0.2) is 12.1 Å². The van der Waals surface area contributed by atoms with Crippen LogP contribution in [0.2, 0.25) is 10.0 Å². The molecule has 8 nitrogen and oxygen atoms in total. The molecule has 0 amide bonds. The molecule has 3 rings (SSSR count). The molecule has 0 saturated carbocycles. The number of hydrogen-bond donors (Lipinski definition) is 1. The number of para-hydroxylation sites is 1. The van der Waals surface area contributed by atoms with Gasteiger partial charge in [0.2, 0.25) is 5.95 Å². The minimum atomic E-state index is -1.79. The lowest BCUT2D eigenvalue weighted by Crippen LogP contribution is -2.42. The van der Waals surface area contributed by atoms with E-state index in [0.29, 0.717) is 22.0 Å². The van der Waals surface area contributed by atoms with Gasteiger partial charge in [-0.1, -0.05) is 29.3 Å². The van der Waals surface area contributed by atoms with E-state index in [1.165, 1.54) is 24.5 Å². The summed E-state index contributed by atoms with van der Waals surface area (Å²) in [6.07, 6.45) is 0.554. The molecular formula is C23H20Cl2N4O4. The van der Waals surface area contributed by atoms with Gasteiger partial charge in [-0.25, -0.2) is 4.98 Å². The van der Waals surface area contributed by atoms with E-state index in [4.69, 9.17) is 27.9 Å². The zero-order valence-corrected chi connectivity index (χ0v) is 19.8. The van der Waals surface area contributed by atoms with Gasteiger partial charge in [0.25, 0.3) is 0 Å². The number of nitriles is 1. The lowest BCUT2D eigenvalue weighted by Gasteiger charge is -2.26. The van der Waals surface area contributed by atoms with E-state index in [-0.39, 0.29) is 40.3 Å².